The molecule has 0 aromatic rings. The fourth-order valence-corrected chi connectivity index (χ4v) is 1.52. The van der Waals surface area contributed by atoms with E-state index in [0.29, 0.717) is 0 Å². The predicted molar refractivity (Wildman–Crippen MR) is 49.3 cm³/mol. The van der Waals surface area contributed by atoms with Crippen molar-refractivity contribution < 1.29 is 13.2 Å². The molecule has 78 valence electrons. The van der Waals surface area contributed by atoms with Gasteiger partial charge in [-0.2, -0.15) is 0 Å². The molecule has 13 heavy (non-hydrogen) atoms. The first-order valence-electron chi connectivity index (χ1n) is 3.72. The van der Waals surface area contributed by atoms with Crippen LogP contribution in [0.15, 0.2) is 0 Å². The first kappa shape index (κ1) is 12.3. The molecule has 0 aliphatic rings. The fraction of sp³-hybridized carbons (Fsp3) is 0.833. The number of primary amides is 1. The summed E-state index contributed by atoms with van der Waals surface area (Å²) in [4.78, 5) is 10.5. The van der Waals surface area contributed by atoms with Gasteiger partial charge >= 0.3 is 0 Å². The maximum Gasteiger partial charge on any atom is 0.234 e. The van der Waals surface area contributed by atoms with Crippen molar-refractivity contribution in [3.05, 3.63) is 0 Å². The lowest BCUT2D eigenvalue weighted by molar-refractivity contribution is -0.119. The number of nitrogens with two attached hydrogens (primary N) is 2. The van der Waals surface area contributed by atoms with Crippen LogP contribution in [0.25, 0.3) is 0 Å². The number of carbonyl (C=O) groups is 1. The molecule has 4 N–H and O–H groups in total. The summed E-state index contributed by atoms with van der Waals surface area (Å²) in [6.45, 7) is 0. The Hall–Kier alpha value is -0.660. The standard InChI is InChI=1S/C6H15N3O3S/c1-9(2)13(11,12)4-3-5(7)6(8)10/h5H,3-4,7H2,1-2H3,(H2,8,10). The molecule has 0 bridgehead atoms. The van der Waals surface area contributed by atoms with Gasteiger partial charge in [0.2, 0.25) is 15.9 Å². The molecular formula is C6H15N3O3S. The molecule has 1 unspecified atom stereocenters. The van der Waals surface area contributed by atoms with Gasteiger partial charge in [-0.1, -0.05) is 0 Å². The van der Waals surface area contributed by atoms with Gasteiger partial charge in [0, 0.05) is 14.1 Å². The molecule has 0 aromatic heterocycles. The highest BCUT2D eigenvalue weighted by atomic mass is 32.2. The van der Waals surface area contributed by atoms with Crippen molar-refractivity contribution in [2.75, 3.05) is 19.8 Å². The molecular weight excluding hydrogens is 194 g/mol. The van der Waals surface area contributed by atoms with Gasteiger partial charge < -0.3 is 11.5 Å². The van der Waals surface area contributed by atoms with E-state index in [1.165, 1.54) is 14.1 Å². The van der Waals surface area contributed by atoms with Crippen molar-refractivity contribution in [1.29, 1.82) is 0 Å². The van der Waals surface area contributed by atoms with E-state index in [9.17, 15) is 13.2 Å². The highest BCUT2D eigenvalue weighted by Crippen LogP contribution is 1.98. The predicted octanol–water partition coefficient (Wildman–Crippen LogP) is -1.92. The minimum absolute atomic E-state index is 0.0514. The fourth-order valence-electron chi connectivity index (χ4n) is 0.601. The second kappa shape index (κ2) is 4.54. The molecule has 7 heteroatoms. The second-order valence-corrected chi connectivity index (χ2v) is 5.20. The Bertz CT molecular complexity index is 273. The van der Waals surface area contributed by atoms with Gasteiger partial charge in [-0.05, 0) is 6.42 Å². The summed E-state index contributed by atoms with van der Waals surface area (Å²) in [6.07, 6.45) is 0.0514. The number of carbonyl (C=O) groups excluding carboxylic acids is 1. The zero-order chi connectivity index (χ0) is 10.6. The van der Waals surface area contributed by atoms with Crippen molar-refractivity contribution in [3.8, 4) is 0 Å². The van der Waals surface area contributed by atoms with Crippen LogP contribution in [-0.4, -0.2) is 44.5 Å². The maximum absolute atomic E-state index is 11.2. The van der Waals surface area contributed by atoms with Crippen molar-refractivity contribution in [2.24, 2.45) is 11.5 Å². The lowest BCUT2D eigenvalue weighted by Crippen LogP contribution is -2.39. The van der Waals surface area contributed by atoms with Gasteiger partial charge in [-0.25, -0.2) is 12.7 Å². The first-order chi connectivity index (χ1) is 5.77. The molecule has 0 heterocycles. The highest BCUT2D eigenvalue weighted by molar-refractivity contribution is 7.89. The highest BCUT2D eigenvalue weighted by Gasteiger charge is 2.17. The average molecular weight is 209 g/mol. The zero-order valence-corrected chi connectivity index (χ0v) is 8.54. The summed E-state index contributed by atoms with van der Waals surface area (Å²) in [5.74, 6) is -0.849. The number of nitrogens with zero attached hydrogens (tertiary/aromatic N) is 1. The first-order valence-corrected chi connectivity index (χ1v) is 5.33. The number of amides is 1. The summed E-state index contributed by atoms with van der Waals surface area (Å²) in [5, 5.41) is 0. The minimum atomic E-state index is -3.28. The molecule has 0 spiro atoms. The number of rotatable bonds is 5. The zero-order valence-electron chi connectivity index (χ0n) is 7.73. The minimum Gasteiger partial charge on any atom is -0.368 e. The van der Waals surface area contributed by atoms with E-state index in [4.69, 9.17) is 11.5 Å². The van der Waals surface area contributed by atoms with E-state index in [1.54, 1.807) is 0 Å². The van der Waals surface area contributed by atoms with Crippen LogP contribution in [0.2, 0.25) is 0 Å². The maximum atomic E-state index is 11.2. The van der Waals surface area contributed by atoms with Crippen LogP contribution in [0.1, 0.15) is 6.42 Å². The van der Waals surface area contributed by atoms with Gasteiger partial charge in [0.05, 0.1) is 11.8 Å². The van der Waals surface area contributed by atoms with E-state index >= 15 is 0 Å². The summed E-state index contributed by atoms with van der Waals surface area (Å²) >= 11 is 0. The van der Waals surface area contributed by atoms with Gasteiger partial charge in [-0.3, -0.25) is 4.79 Å². The molecule has 0 aliphatic heterocycles. The SMILES string of the molecule is CN(C)S(=O)(=O)CCC(N)C(N)=O. The van der Waals surface area contributed by atoms with Crippen molar-refractivity contribution in [1.82, 2.24) is 4.31 Å². The molecule has 0 aromatic carbocycles. The van der Waals surface area contributed by atoms with Gasteiger partial charge in [0.25, 0.3) is 0 Å². The van der Waals surface area contributed by atoms with Gasteiger partial charge in [0.1, 0.15) is 0 Å². The van der Waals surface area contributed by atoms with Crippen molar-refractivity contribution in [2.45, 2.75) is 12.5 Å². The molecule has 6 nitrogen and oxygen atoms in total. The lowest BCUT2D eigenvalue weighted by Gasteiger charge is -2.12. The molecule has 0 aliphatic carbocycles. The number of hydrogen-bond donors (Lipinski definition) is 2. The summed E-state index contributed by atoms with van der Waals surface area (Å²) < 4.78 is 23.4. The van der Waals surface area contributed by atoms with Crippen molar-refractivity contribution >= 4 is 15.9 Å². The summed E-state index contributed by atoms with van der Waals surface area (Å²) in [6, 6.07) is -0.894. The van der Waals surface area contributed by atoms with Crippen LogP contribution in [0.4, 0.5) is 0 Å². The molecule has 0 rings (SSSR count). The monoisotopic (exact) mass is 209 g/mol. The van der Waals surface area contributed by atoms with Crippen LogP contribution in [-0.2, 0) is 14.8 Å². The van der Waals surface area contributed by atoms with E-state index in [1.807, 2.05) is 0 Å². The topological polar surface area (TPSA) is 106 Å². The molecule has 1 atom stereocenters. The van der Waals surface area contributed by atoms with Gasteiger partial charge in [0.15, 0.2) is 0 Å². The van der Waals surface area contributed by atoms with Crippen LogP contribution < -0.4 is 11.5 Å². The Morgan fingerprint density at radius 2 is 1.92 bits per heavy atom. The number of hydrogen-bond acceptors (Lipinski definition) is 4. The van der Waals surface area contributed by atoms with Crippen molar-refractivity contribution in [3.63, 3.8) is 0 Å². The van der Waals surface area contributed by atoms with Gasteiger partial charge in [-0.15, -0.1) is 0 Å². The van der Waals surface area contributed by atoms with E-state index in [-0.39, 0.29) is 12.2 Å². The Morgan fingerprint density at radius 3 is 2.23 bits per heavy atom. The third kappa shape index (κ3) is 4.20. The van der Waals surface area contributed by atoms with Crippen LogP contribution in [0.3, 0.4) is 0 Å². The third-order valence-corrected chi connectivity index (χ3v) is 3.47. The largest absolute Gasteiger partial charge is 0.368 e. The molecule has 0 saturated carbocycles. The van der Waals surface area contributed by atoms with Crippen LogP contribution in [0.5, 0.6) is 0 Å². The summed E-state index contributed by atoms with van der Waals surface area (Å²) in [5.41, 5.74) is 10.1. The Balaban J connectivity index is 4.11. The lowest BCUT2D eigenvalue weighted by atomic mass is 10.2. The number of sulfonamides is 1. The Morgan fingerprint density at radius 1 is 1.46 bits per heavy atom. The smallest absolute Gasteiger partial charge is 0.234 e. The van der Waals surface area contributed by atoms with E-state index < -0.39 is 22.0 Å². The Labute approximate surface area is 77.9 Å². The average Bonchev–Trinajstić information content (AvgIpc) is 1.99. The molecule has 0 saturated heterocycles. The molecule has 0 radical (unpaired) electrons. The second-order valence-electron chi connectivity index (χ2n) is 2.90. The Kier molecular flexibility index (Phi) is 4.31. The third-order valence-electron chi connectivity index (χ3n) is 1.61. The molecule has 1 amide bonds. The molecule has 0 fully saturated rings. The summed E-state index contributed by atoms with van der Waals surface area (Å²) in [7, 11) is -0.438. The van der Waals surface area contributed by atoms with E-state index in [0.717, 1.165) is 4.31 Å². The van der Waals surface area contributed by atoms with E-state index in [2.05, 4.69) is 0 Å². The van der Waals surface area contributed by atoms with Crippen LogP contribution >= 0.6 is 0 Å². The quantitative estimate of drug-likeness (QED) is 0.550. The van der Waals surface area contributed by atoms with Crippen LogP contribution in [0, 0.1) is 0 Å². The normalized spacial score (nSPS) is 14.5.